The molecule has 0 aromatic heterocycles. The number of nitrogens with zero attached hydrogens (tertiary/aromatic N) is 1. The number of terminal acetylenes is 1. The Kier molecular flexibility index (Phi) is 6.20. The molecule has 0 bridgehead atoms. The zero-order valence-corrected chi connectivity index (χ0v) is 16.9. The van der Waals surface area contributed by atoms with E-state index < -0.39 is 11.1 Å². The Balaban J connectivity index is 1.95. The highest BCUT2D eigenvalue weighted by atomic mass is 35.5. The number of anilines is 1. The molecule has 1 saturated heterocycles. The predicted molar refractivity (Wildman–Crippen MR) is 112 cm³/mol. The smallest absolute Gasteiger partial charge is 0.298 e. The van der Waals surface area contributed by atoms with Crippen LogP contribution in [0.3, 0.4) is 0 Å². The molecule has 0 spiro atoms. The van der Waals surface area contributed by atoms with Gasteiger partial charge in [-0.25, -0.2) is 4.90 Å². The quantitative estimate of drug-likeness (QED) is 0.475. The molecule has 0 radical (unpaired) electrons. The number of carbonyl (C=O) groups is 2. The van der Waals surface area contributed by atoms with Crippen LogP contribution in [-0.4, -0.2) is 24.9 Å². The number of methoxy groups -OCH3 is 1. The molecule has 0 aliphatic carbocycles. The fraction of sp³-hybridized carbons (Fsp3) is 0.100. The third-order valence-electron chi connectivity index (χ3n) is 3.74. The largest absolute Gasteiger partial charge is 0.493 e. The number of carbonyl (C=O) groups excluding carboxylic acids is 2. The van der Waals surface area contributed by atoms with Gasteiger partial charge in [0.1, 0.15) is 6.61 Å². The molecule has 8 heteroatoms. The number of hydrogen-bond acceptors (Lipinski definition) is 5. The van der Waals surface area contributed by atoms with Gasteiger partial charge in [-0.15, -0.1) is 6.42 Å². The first kappa shape index (κ1) is 20.2. The van der Waals surface area contributed by atoms with Crippen LogP contribution in [-0.2, 0) is 4.79 Å². The fourth-order valence-electron chi connectivity index (χ4n) is 2.54. The van der Waals surface area contributed by atoms with Crippen molar-refractivity contribution in [2.24, 2.45) is 0 Å². The molecule has 0 N–H and O–H groups in total. The van der Waals surface area contributed by atoms with Gasteiger partial charge < -0.3 is 9.47 Å². The number of ether oxygens (including phenoxy) is 2. The topological polar surface area (TPSA) is 55.8 Å². The van der Waals surface area contributed by atoms with Gasteiger partial charge in [0.05, 0.1) is 27.7 Å². The first-order chi connectivity index (χ1) is 13.5. The molecule has 3 rings (SSSR count). The Hall–Kier alpha value is -2.59. The molecule has 28 heavy (non-hydrogen) atoms. The van der Waals surface area contributed by atoms with Crippen LogP contribution in [0.2, 0.25) is 10.0 Å². The van der Waals surface area contributed by atoms with E-state index in [2.05, 4.69) is 5.92 Å². The molecule has 142 valence electrons. The maximum absolute atomic E-state index is 12.8. The van der Waals surface area contributed by atoms with Crippen LogP contribution in [0.1, 0.15) is 5.56 Å². The second-order valence-electron chi connectivity index (χ2n) is 5.50. The molecule has 2 aromatic rings. The molecule has 0 atom stereocenters. The molecule has 1 aliphatic heterocycles. The minimum atomic E-state index is -0.467. The summed E-state index contributed by atoms with van der Waals surface area (Å²) in [5, 5.41) is 0.147. The van der Waals surface area contributed by atoms with Gasteiger partial charge in [0.25, 0.3) is 11.1 Å². The van der Waals surface area contributed by atoms with Crippen molar-refractivity contribution in [2.45, 2.75) is 0 Å². The maximum Gasteiger partial charge on any atom is 0.298 e. The molecule has 5 nitrogen and oxygen atoms in total. The van der Waals surface area contributed by atoms with Crippen molar-refractivity contribution in [3.8, 4) is 23.8 Å². The molecular weight excluding hydrogens is 421 g/mol. The number of halogens is 2. The van der Waals surface area contributed by atoms with Crippen molar-refractivity contribution in [2.75, 3.05) is 18.6 Å². The van der Waals surface area contributed by atoms with Crippen molar-refractivity contribution in [1.82, 2.24) is 0 Å². The van der Waals surface area contributed by atoms with E-state index in [1.807, 2.05) is 0 Å². The zero-order valence-electron chi connectivity index (χ0n) is 14.6. The third-order valence-corrected chi connectivity index (χ3v) is 5.21. The van der Waals surface area contributed by atoms with E-state index in [0.717, 1.165) is 16.7 Å². The Morgan fingerprint density at radius 2 is 1.96 bits per heavy atom. The highest BCUT2D eigenvalue weighted by Crippen LogP contribution is 2.41. The first-order valence-corrected chi connectivity index (χ1v) is 9.49. The summed E-state index contributed by atoms with van der Waals surface area (Å²) in [7, 11) is 1.46. The summed E-state index contributed by atoms with van der Waals surface area (Å²) in [5.74, 6) is 2.56. The maximum atomic E-state index is 12.8. The lowest BCUT2D eigenvalue weighted by Crippen LogP contribution is -2.27. The molecule has 0 saturated carbocycles. The molecule has 1 fully saturated rings. The predicted octanol–water partition coefficient (Wildman–Crippen LogP) is 5.25. The highest BCUT2D eigenvalue weighted by molar-refractivity contribution is 8.19. The Labute approximate surface area is 176 Å². The van der Waals surface area contributed by atoms with Crippen molar-refractivity contribution in [3.05, 3.63) is 56.9 Å². The lowest BCUT2D eigenvalue weighted by atomic mass is 10.1. The number of hydrogen-bond donors (Lipinski definition) is 0. The molecule has 1 heterocycles. The Bertz CT molecular complexity index is 1030. The molecule has 2 aromatic carbocycles. The van der Waals surface area contributed by atoms with Crippen LogP contribution >= 0.6 is 35.0 Å². The lowest BCUT2D eigenvalue weighted by Gasteiger charge is -2.14. The average molecular weight is 434 g/mol. The van der Waals surface area contributed by atoms with E-state index in [-0.39, 0.29) is 16.5 Å². The lowest BCUT2D eigenvalue weighted by molar-refractivity contribution is -0.113. The van der Waals surface area contributed by atoms with Crippen molar-refractivity contribution in [1.29, 1.82) is 0 Å². The van der Waals surface area contributed by atoms with E-state index in [9.17, 15) is 9.59 Å². The van der Waals surface area contributed by atoms with Crippen LogP contribution in [0.15, 0.2) is 41.3 Å². The second kappa shape index (κ2) is 8.61. The van der Waals surface area contributed by atoms with Gasteiger partial charge in [0.15, 0.2) is 11.5 Å². The van der Waals surface area contributed by atoms with Crippen molar-refractivity contribution >= 4 is 57.9 Å². The molecule has 2 amide bonds. The first-order valence-electron chi connectivity index (χ1n) is 7.92. The summed E-state index contributed by atoms with van der Waals surface area (Å²) in [4.78, 5) is 26.4. The van der Waals surface area contributed by atoms with E-state index >= 15 is 0 Å². The van der Waals surface area contributed by atoms with Crippen molar-refractivity contribution in [3.63, 3.8) is 0 Å². The minimum absolute atomic E-state index is 0.0339. The Morgan fingerprint density at radius 3 is 2.64 bits per heavy atom. The number of imide groups is 1. The average Bonchev–Trinajstić information content (AvgIpc) is 2.94. The third kappa shape index (κ3) is 3.97. The van der Waals surface area contributed by atoms with Gasteiger partial charge in [-0.2, -0.15) is 0 Å². The highest BCUT2D eigenvalue weighted by Gasteiger charge is 2.37. The summed E-state index contributed by atoms with van der Waals surface area (Å²) in [6.07, 6.45) is 6.76. The normalized spacial score (nSPS) is 15.1. The fourth-order valence-corrected chi connectivity index (χ4v) is 3.87. The summed E-state index contributed by atoms with van der Waals surface area (Å²) < 4.78 is 10.7. The molecule has 0 unspecified atom stereocenters. The standard InChI is InChI=1S/C20H13Cl2NO4S/c1-3-8-27-18-14(22)9-12(10-16(18)26-2)11-17-19(24)23(20(25)28-17)15-7-5-4-6-13(15)21/h1,4-7,9-11H,8H2,2H3/b17-11-. The van der Waals surface area contributed by atoms with Gasteiger partial charge in [-0.05, 0) is 47.7 Å². The van der Waals surface area contributed by atoms with Crippen LogP contribution in [0.5, 0.6) is 11.5 Å². The van der Waals surface area contributed by atoms with Gasteiger partial charge in [0.2, 0.25) is 0 Å². The van der Waals surface area contributed by atoms with Gasteiger partial charge >= 0.3 is 0 Å². The van der Waals surface area contributed by atoms with Crippen molar-refractivity contribution < 1.29 is 19.1 Å². The van der Waals surface area contributed by atoms with Gasteiger partial charge in [-0.3, -0.25) is 9.59 Å². The number of thioether (sulfide) groups is 1. The molecular formula is C20H13Cl2NO4S. The van der Waals surface area contributed by atoms with E-state index in [4.69, 9.17) is 39.1 Å². The van der Waals surface area contributed by atoms with Gasteiger partial charge in [-0.1, -0.05) is 41.3 Å². The summed E-state index contributed by atoms with van der Waals surface area (Å²) >= 11 is 13.2. The summed E-state index contributed by atoms with van der Waals surface area (Å²) in [5.41, 5.74) is 0.906. The SMILES string of the molecule is C#CCOc1c(Cl)cc(/C=C2\SC(=O)N(c3ccccc3Cl)C2=O)cc1OC. The zero-order chi connectivity index (χ0) is 20.3. The van der Waals surface area contributed by atoms with Crippen LogP contribution in [0.25, 0.3) is 6.08 Å². The number of para-hydroxylation sites is 1. The van der Waals surface area contributed by atoms with Crippen LogP contribution in [0.4, 0.5) is 10.5 Å². The van der Waals surface area contributed by atoms with E-state index in [0.29, 0.717) is 27.8 Å². The number of benzene rings is 2. The Morgan fingerprint density at radius 1 is 1.21 bits per heavy atom. The van der Waals surface area contributed by atoms with Crippen LogP contribution in [0, 0.1) is 12.3 Å². The monoisotopic (exact) mass is 433 g/mol. The number of rotatable bonds is 5. The van der Waals surface area contributed by atoms with Gasteiger partial charge in [0, 0.05) is 0 Å². The summed E-state index contributed by atoms with van der Waals surface area (Å²) in [6, 6.07) is 9.88. The van der Waals surface area contributed by atoms with Crippen LogP contribution < -0.4 is 14.4 Å². The van der Waals surface area contributed by atoms with E-state index in [1.165, 1.54) is 7.11 Å². The second-order valence-corrected chi connectivity index (χ2v) is 7.30. The van der Waals surface area contributed by atoms with E-state index in [1.54, 1.807) is 42.5 Å². The number of amides is 2. The minimum Gasteiger partial charge on any atom is -0.493 e. The summed E-state index contributed by atoms with van der Waals surface area (Å²) in [6.45, 7) is 0.0339. The molecule has 1 aliphatic rings.